The topological polar surface area (TPSA) is 37.3 Å². The van der Waals surface area contributed by atoms with E-state index in [2.05, 4.69) is 0 Å². The molecule has 1 aromatic rings. The molecule has 0 saturated carbocycles. The van der Waals surface area contributed by atoms with Gasteiger partial charge in [0.25, 0.3) is 0 Å². The molecule has 1 atom stereocenters. The smallest absolute Gasteiger partial charge is 0.306 e. The SMILES string of the molecule is CC(Cc1ccc(F)s1)C(=O)O. The van der Waals surface area contributed by atoms with E-state index in [1.165, 1.54) is 6.07 Å². The van der Waals surface area contributed by atoms with E-state index in [0.29, 0.717) is 6.42 Å². The predicted octanol–water partition coefficient (Wildman–Crippen LogP) is 2.15. The number of carboxylic acid groups (broad SMARTS) is 1. The summed E-state index contributed by atoms with van der Waals surface area (Å²) >= 11 is 1.00. The predicted molar refractivity (Wildman–Crippen MR) is 44.8 cm³/mol. The van der Waals surface area contributed by atoms with Crippen LogP contribution < -0.4 is 0 Å². The molecule has 0 radical (unpaired) electrons. The van der Waals surface area contributed by atoms with Gasteiger partial charge in [-0.05, 0) is 18.6 Å². The van der Waals surface area contributed by atoms with Gasteiger partial charge in [0.15, 0.2) is 5.13 Å². The zero-order valence-electron chi connectivity index (χ0n) is 6.58. The third kappa shape index (κ3) is 2.30. The minimum Gasteiger partial charge on any atom is -0.481 e. The van der Waals surface area contributed by atoms with Crippen LogP contribution in [0.15, 0.2) is 12.1 Å². The standard InChI is InChI=1S/C8H9FO2S/c1-5(8(10)11)4-6-2-3-7(9)12-6/h2-3,5H,4H2,1H3,(H,10,11). The van der Waals surface area contributed by atoms with Crippen LogP contribution in [-0.2, 0) is 11.2 Å². The number of hydrogen-bond acceptors (Lipinski definition) is 2. The Morgan fingerprint density at radius 3 is 2.83 bits per heavy atom. The first-order valence-corrected chi connectivity index (χ1v) is 4.38. The summed E-state index contributed by atoms with van der Waals surface area (Å²) in [5.74, 6) is -1.29. The number of carboxylic acids is 1. The van der Waals surface area contributed by atoms with E-state index in [4.69, 9.17) is 5.11 Å². The highest BCUT2D eigenvalue weighted by Crippen LogP contribution is 2.18. The van der Waals surface area contributed by atoms with Gasteiger partial charge in [0.1, 0.15) is 0 Å². The van der Waals surface area contributed by atoms with Gasteiger partial charge in [-0.1, -0.05) is 6.92 Å². The number of halogens is 1. The van der Waals surface area contributed by atoms with Gasteiger partial charge in [0, 0.05) is 4.88 Å². The second-order valence-electron chi connectivity index (χ2n) is 2.65. The highest BCUT2D eigenvalue weighted by atomic mass is 32.1. The molecule has 66 valence electrons. The summed E-state index contributed by atoms with van der Waals surface area (Å²) in [4.78, 5) is 11.2. The average Bonchev–Trinajstić information content (AvgIpc) is 2.35. The van der Waals surface area contributed by atoms with Crippen molar-refractivity contribution in [2.24, 2.45) is 5.92 Å². The van der Waals surface area contributed by atoms with Crippen LogP contribution >= 0.6 is 11.3 Å². The van der Waals surface area contributed by atoms with Gasteiger partial charge in [-0.15, -0.1) is 11.3 Å². The molecule has 0 aliphatic rings. The summed E-state index contributed by atoms with van der Waals surface area (Å²) in [7, 11) is 0. The maximum Gasteiger partial charge on any atom is 0.306 e. The molecule has 0 bridgehead atoms. The van der Waals surface area contributed by atoms with Crippen LogP contribution in [0.1, 0.15) is 11.8 Å². The molecule has 0 spiro atoms. The Morgan fingerprint density at radius 1 is 1.75 bits per heavy atom. The number of hydrogen-bond donors (Lipinski definition) is 1. The van der Waals surface area contributed by atoms with Gasteiger partial charge in [-0.25, -0.2) is 0 Å². The number of carbonyl (C=O) groups is 1. The van der Waals surface area contributed by atoms with Crippen molar-refractivity contribution in [1.29, 1.82) is 0 Å². The molecule has 4 heteroatoms. The highest BCUT2D eigenvalue weighted by molar-refractivity contribution is 7.10. The van der Waals surface area contributed by atoms with Crippen molar-refractivity contribution in [2.45, 2.75) is 13.3 Å². The van der Waals surface area contributed by atoms with Crippen LogP contribution in [0.5, 0.6) is 0 Å². The molecule has 0 aliphatic carbocycles. The molecular formula is C8H9FO2S. The van der Waals surface area contributed by atoms with Crippen LogP contribution in [-0.4, -0.2) is 11.1 Å². The van der Waals surface area contributed by atoms with Crippen molar-refractivity contribution in [3.63, 3.8) is 0 Å². The highest BCUT2D eigenvalue weighted by Gasteiger charge is 2.12. The van der Waals surface area contributed by atoms with Crippen molar-refractivity contribution in [3.05, 3.63) is 22.1 Å². The van der Waals surface area contributed by atoms with Crippen LogP contribution in [0, 0.1) is 11.0 Å². The molecule has 0 saturated heterocycles. The Morgan fingerprint density at radius 2 is 2.42 bits per heavy atom. The van der Waals surface area contributed by atoms with Crippen molar-refractivity contribution in [1.82, 2.24) is 0 Å². The molecule has 1 rings (SSSR count). The van der Waals surface area contributed by atoms with Crippen molar-refractivity contribution >= 4 is 17.3 Å². The molecular weight excluding hydrogens is 179 g/mol. The molecule has 1 heterocycles. The fraction of sp³-hybridized carbons (Fsp3) is 0.375. The fourth-order valence-electron chi connectivity index (χ4n) is 0.851. The lowest BCUT2D eigenvalue weighted by molar-refractivity contribution is -0.141. The van der Waals surface area contributed by atoms with Gasteiger partial charge in [0.2, 0.25) is 0 Å². The minimum absolute atomic E-state index is 0.261. The first kappa shape index (κ1) is 9.19. The Labute approximate surface area is 73.7 Å². The van der Waals surface area contributed by atoms with E-state index < -0.39 is 11.9 Å². The van der Waals surface area contributed by atoms with Crippen molar-refractivity contribution in [3.8, 4) is 0 Å². The van der Waals surface area contributed by atoms with E-state index in [1.807, 2.05) is 0 Å². The molecule has 0 aliphatic heterocycles. The molecule has 1 unspecified atom stereocenters. The monoisotopic (exact) mass is 188 g/mol. The third-order valence-electron chi connectivity index (χ3n) is 1.56. The van der Waals surface area contributed by atoms with Gasteiger partial charge in [0.05, 0.1) is 5.92 Å². The van der Waals surface area contributed by atoms with Crippen LogP contribution in [0.2, 0.25) is 0 Å². The van der Waals surface area contributed by atoms with Gasteiger partial charge >= 0.3 is 5.97 Å². The summed E-state index contributed by atoms with van der Waals surface area (Å²) in [5.41, 5.74) is 0. The maximum absolute atomic E-state index is 12.4. The molecule has 1 N–H and O–H groups in total. The molecule has 1 aromatic heterocycles. The quantitative estimate of drug-likeness (QED) is 0.789. The zero-order chi connectivity index (χ0) is 9.14. The number of rotatable bonds is 3. The summed E-state index contributed by atoms with van der Waals surface area (Å²) in [6.45, 7) is 1.61. The summed E-state index contributed by atoms with van der Waals surface area (Å²) < 4.78 is 12.4. The second kappa shape index (κ2) is 3.67. The Bertz CT molecular complexity index is 282. The van der Waals surface area contributed by atoms with Gasteiger partial charge < -0.3 is 5.11 Å². The first-order chi connectivity index (χ1) is 5.59. The Kier molecular flexibility index (Phi) is 2.81. The fourth-order valence-corrected chi connectivity index (χ4v) is 1.71. The Balaban J connectivity index is 2.58. The van der Waals surface area contributed by atoms with E-state index in [1.54, 1.807) is 13.0 Å². The summed E-state index contributed by atoms with van der Waals surface area (Å²) in [5, 5.41) is 8.30. The van der Waals surface area contributed by atoms with Gasteiger partial charge in [-0.2, -0.15) is 4.39 Å². The van der Waals surface area contributed by atoms with Gasteiger partial charge in [-0.3, -0.25) is 4.79 Å². The molecule has 0 amide bonds. The Hall–Kier alpha value is -0.900. The van der Waals surface area contributed by atoms with E-state index >= 15 is 0 Å². The number of thiophene rings is 1. The normalized spacial score (nSPS) is 12.8. The first-order valence-electron chi connectivity index (χ1n) is 3.56. The van der Waals surface area contributed by atoms with Crippen molar-refractivity contribution < 1.29 is 14.3 Å². The molecule has 2 nitrogen and oxygen atoms in total. The third-order valence-corrected chi connectivity index (χ3v) is 2.45. The lowest BCUT2D eigenvalue weighted by Gasteiger charge is -2.01. The van der Waals surface area contributed by atoms with E-state index in [-0.39, 0.29) is 5.13 Å². The molecule has 12 heavy (non-hydrogen) atoms. The van der Waals surface area contributed by atoms with Crippen molar-refractivity contribution in [2.75, 3.05) is 0 Å². The second-order valence-corrected chi connectivity index (χ2v) is 3.77. The largest absolute Gasteiger partial charge is 0.481 e. The summed E-state index contributed by atoms with van der Waals surface area (Å²) in [6, 6.07) is 2.98. The van der Waals surface area contributed by atoms with E-state index in [0.717, 1.165) is 16.2 Å². The molecule has 0 fully saturated rings. The lowest BCUT2D eigenvalue weighted by Crippen LogP contribution is -2.11. The van der Waals surface area contributed by atoms with Crippen LogP contribution in [0.3, 0.4) is 0 Å². The lowest BCUT2D eigenvalue weighted by atomic mass is 10.1. The zero-order valence-corrected chi connectivity index (χ0v) is 7.40. The summed E-state index contributed by atoms with van der Waals surface area (Å²) in [6.07, 6.45) is 0.407. The minimum atomic E-state index is -0.844. The number of aliphatic carboxylic acids is 1. The van der Waals surface area contributed by atoms with Crippen LogP contribution in [0.25, 0.3) is 0 Å². The molecule has 0 aromatic carbocycles. The average molecular weight is 188 g/mol. The maximum atomic E-state index is 12.4. The van der Waals surface area contributed by atoms with Crippen LogP contribution in [0.4, 0.5) is 4.39 Å². The van der Waals surface area contributed by atoms with E-state index in [9.17, 15) is 9.18 Å².